The molecule has 8 nitrogen and oxygen atoms in total. The predicted octanol–water partition coefficient (Wildman–Crippen LogP) is 3.99. The van der Waals surface area contributed by atoms with Crippen LogP contribution in [0.4, 0.5) is 23.1 Å². The van der Waals surface area contributed by atoms with Crippen molar-refractivity contribution in [1.82, 2.24) is 20.2 Å². The summed E-state index contributed by atoms with van der Waals surface area (Å²) in [6, 6.07) is 9.08. The molecular formula is C19H21N7O. The molecule has 138 valence electrons. The highest BCUT2D eigenvalue weighted by Gasteiger charge is 2.11. The number of nitrogens with zero attached hydrogens (tertiary/aromatic N) is 4. The molecule has 8 heteroatoms. The highest BCUT2D eigenvalue weighted by atomic mass is 16.5. The van der Waals surface area contributed by atoms with Gasteiger partial charge in [-0.1, -0.05) is 0 Å². The van der Waals surface area contributed by atoms with Crippen LogP contribution in [0.3, 0.4) is 0 Å². The standard InChI is InChI=1S/C19H21N7O/c1-12-5-6-15(10-21-12)27-11-14(3)22-19-16(20-4)7-8-17(24-19)23-18-9-13(2)25-26-18/h5-10,14H,11H2,1-3H3,(H3,22,23,24,25,26). The number of aromatic nitrogens is 4. The Morgan fingerprint density at radius 2 is 2.07 bits per heavy atom. The maximum Gasteiger partial charge on any atom is 0.228 e. The number of nitrogens with one attached hydrogen (secondary N) is 3. The molecular weight excluding hydrogens is 342 g/mol. The summed E-state index contributed by atoms with van der Waals surface area (Å²) in [7, 11) is 0. The Morgan fingerprint density at radius 1 is 1.22 bits per heavy atom. The van der Waals surface area contributed by atoms with Crippen molar-refractivity contribution in [2.45, 2.75) is 26.8 Å². The zero-order chi connectivity index (χ0) is 19.2. The van der Waals surface area contributed by atoms with Gasteiger partial charge in [-0.05, 0) is 45.0 Å². The van der Waals surface area contributed by atoms with Gasteiger partial charge in [0.25, 0.3) is 0 Å². The highest BCUT2D eigenvalue weighted by molar-refractivity contribution is 5.69. The van der Waals surface area contributed by atoms with Gasteiger partial charge in [0.15, 0.2) is 5.82 Å². The third-order valence-corrected chi connectivity index (χ3v) is 3.72. The minimum Gasteiger partial charge on any atom is -0.490 e. The molecule has 0 aliphatic heterocycles. The molecule has 3 rings (SSSR count). The summed E-state index contributed by atoms with van der Waals surface area (Å²) in [5.41, 5.74) is 2.34. The lowest BCUT2D eigenvalue weighted by molar-refractivity contribution is 0.302. The van der Waals surface area contributed by atoms with Crippen LogP contribution in [-0.4, -0.2) is 32.8 Å². The van der Waals surface area contributed by atoms with Crippen LogP contribution in [0.1, 0.15) is 18.3 Å². The van der Waals surface area contributed by atoms with Crippen molar-refractivity contribution >= 4 is 23.1 Å². The van der Waals surface area contributed by atoms with Crippen LogP contribution in [0.15, 0.2) is 36.5 Å². The van der Waals surface area contributed by atoms with Crippen LogP contribution < -0.4 is 15.4 Å². The topological polar surface area (TPSA) is 92.1 Å². The van der Waals surface area contributed by atoms with E-state index < -0.39 is 0 Å². The van der Waals surface area contributed by atoms with E-state index in [0.717, 1.165) is 11.4 Å². The number of H-pyrrole nitrogens is 1. The van der Waals surface area contributed by atoms with Crippen molar-refractivity contribution in [2.24, 2.45) is 0 Å². The lowest BCUT2D eigenvalue weighted by Crippen LogP contribution is -2.24. The highest BCUT2D eigenvalue weighted by Crippen LogP contribution is 2.26. The van der Waals surface area contributed by atoms with Crippen LogP contribution in [0.5, 0.6) is 5.75 Å². The fourth-order valence-electron chi connectivity index (χ4n) is 2.37. The van der Waals surface area contributed by atoms with E-state index >= 15 is 0 Å². The molecule has 27 heavy (non-hydrogen) atoms. The van der Waals surface area contributed by atoms with Gasteiger partial charge >= 0.3 is 0 Å². The first-order valence-corrected chi connectivity index (χ1v) is 8.53. The molecule has 0 saturated carbocycles. The number of anilines is 3. The molecule has 0 saturated heterocycles. The SMILES string of the molecule is [C-]#[N+]c1ccc(Nc2cc(C)[nH]n2)nc1NC(C)COc1ccc(C)nc1. The quantitative estimate of drug-likeness (QED) is 0.550. The molecule has 0 amide bonds. The van der Waals surface area contributed by atoms with Crippen LogP contribution in [0.25, 0.3) is 4.85 Å². The summed E-state index contributed by atoms with van der Waals surface area (Å²) in [5.74, 6) is 2.48. The number of hydrogen-bond donors (Lipinski definition) is 3. The van der Waals surface area contributed by atoms with Crippen molar-refractivity contribution in [1.29, 1.82) is 0 Å². The van der Waals surface area contributed by atoms with Gasteiger partial charge in [0.1, 0.15) is 24.0 Å². The van der Waals surface area contributed by atoms with Crippen molar-refractivity contribution in [2.75, 3.05) is 17.2 Å². The lowest BCUT2D eigenvalue weighted by Gasteiger charge is -2.17. The molecule has 0 aromatic carbocycles. The van der Waals surface area contributed by atoms with Crippen molar-refractivity contribution < 1.29 is 4.74 Å². The Labute approximate surface area is 157 Å². The Morgan fingerprint density at radius 3 is 2.74 bits per heavy atom. The predicted molar refractivity (Wildman–Crippen MR) is 105 cm³/mol. The van der Waals surface area contributed by atoms with Crippen molar-refractivity contribution in [3.8, 4) is 5.75 Å². The summed E-state index contributed by atoms with van der Waals surface area (Å²) in [5, 5.41) is 13.4. The number of ether oxygens (including phenoxy) is 1. The number of aromatic amines is 1. The molecule has 1 unspecified atom stereocenters. The van der Waals surface area contributed by atoms with Gasteiger partial charge in [-0.25, -0.2) is 9.83 Å². The van der Waals surface area contributed by atoms with Crippen LogP contribution in [0.2, 0.25) is 0 Å². The number of hydrogen-bond acceptors (Lipinski definition) is 6. The molecule has 0 radical (unpaired) electrons. The van der Waals surface area contributed by atoms with E-state index in [2.05, 4.69) is 35.6 Å². The molecule has 3 aromatic rings. The third-order valence-electron chi connectivity index (χ3n) is 3.72. The second kappa shape index (κ2) is 8.19. The minimum atomic E-state index is -0.0535. The Kier molecular flexibility index (Phi) is 5.52. The minimum absolute atomic E-state index is 0.0535. The number of rotatable bonds is 7. The average molecular weight is 363 g/mol. The molecule has 0 aliphatic carbocycles. The maximum absolute atomic E-state index is 7.35. The summed E-state index contributed by atoms with van der Waals surface area (Å²) in [6.45, 7) is 13.6. The van der Waals surface area contributed by atoms with Crippen LogP contribution in [0, 0.1) is 20.4 Å². The zero-order valence-electron chi connectivity index (χ0n) is 15.4. The van der Waals surface area contributed by atoms with Crippen molar-refractivity contribution in [3.63, 3.8) is 0 Å². The fraction of sp³-hybridized carbons (Fsp3) is 0.263. The average Bonchev–Trinajstić information content (AvgIpc) is 3.06. The third kappa shape index (κ3) is 4.95. The Balaban J connectivity index is 1.65. The maximum atomic E-state index is 7.35. The second-order valence-corrected chi connectivity index (χ2v) is 6.23. The van der Waals surface area contributed by atoms with E-state index in [1.54, 1.807) is 18.3 Å². The van der Waals surface area contributed by atoms with E-state index in [4.69, 9.17) is 11.3 Å². The van der Waals surface area contributed by atoms with Gasteiger partial charge in [-0.3, -0.25) is 10.1 Å². The smallest absolute Gasteiger partial charge is 0.228 e. The summed E-state index contributed by atoms with van der Waals surface area (Å²) >= 11 is 0. The normalized spacial score (nSPS) is 11.5. The van der Waals surface area contributed by atoms with E-state index in [0.29, 0.717) is 35.5 Å². The first kappa shape index (κ1) is 18.2. The van der Waals surface area contributed by atoms with Gasteiger partial charge in [0, 0.05) is 17.5 Å². The van der Waals surface area contributed by atoms with Gasteiger partial charge in [0.05, 0.1) is 18.8 Å². The van der Waals surface area contributed by atoms with E-state index in [1.807, 2.05) is 39.0 Å². The Hall–Kier alpha value is -3.60. The zero-order valence-corrected chi connectivity index (χ0v) is 15.4. The van der Waals surface area contributed by atoms with Crippen molar-refractivity contribution in [3.05, 3.63) is 59.3 Å². The molecule has 0 aliphatic rings. The summed E-state index contributed by atoms with van der Waals surface area (Å²) < 4.78 is 5.74. The molecule has 3 heterocycles. The molecule has 3 N–H and O–H groups in total. The van der Waals surface area contributed by atoms with Gasteiger partial charge in [-0.15, -0.1) is 0 Å². The van der Waals surface area contributed by atoms with Gasteiger partial charge < -0.3 is 15.4 Å². The van der Waals surface area contributed by atoms with E-state index in [9.17, 15) is 0 Å². The first-order valence-electron chi connectivity index (χ1n) is 8.53. The fourth-order valence-corrected chi connectivity index (χ4v) is 2.37. The molecule has 0 fully saturated rings. The number of aryl methyl sites for hydroxylation is 2. The second-order valence-electron chi connectivity index (χ2n) is 6.23. The summed E-state index contributed by atoms with van der Waals surface area (Å²) in [4.78, 5) is 12.2. The molecule has 0 bridgehead atoms. The molecule has 1 atom stereocenters. The van der Waals surface area contributed by atoms with Crippen LogP contribution in [-0.2, 0) is 0 Å². The van der Waals surface area contributed by atoms with Gasteiger partial charge in [0.2, 0.25) is 5.69 Å². The monoisotopic (exact) mass is 363 g/mol. The summed E-state index contributed by atoms with van der Waals surface area (Å²) in [6.07, 6.45) is 1.70. The van der Waals surface area contributed by atoms with Crippen LogP contribution >= 0.6 is 0 Å². The number of pyridine rings is 2. The van der Waals surface area contributed by atoms with E-state index in [-0.39, 0.29) is 6.04 Å². The van der Waals surface area contributed by atoms with E-state index in [1.165, 1.54) is 0 Å². The molecule has 3 aromatic heterocycles. The Bertz CT molecular complexity index is 943. The van der Waals surface area contributed by atoms with Gasteiger partial charge in [-0.2, -0.15) is 5.10 Å². The molecule has 0 spiro atoms. The lowest BCUT2D eigenvalue weighted by atomic mass is 10.3. The first-order chi connectivity index (χ1) is 13.0. The largest absolute Gasteiger partial charge is 0.490 e.